The summed E-state index contributed by atoms with van der Waals surface area (Å²) in [6.07, 6.45) is 2.88. The number of aromatic nitrogens is 2. The summed E-state index contributed by atoms with van der Waals surface area (Å²) in [7, 11) is 1.55. The Labute approximate surface area is 148 Å². The number of hydrogen-bond acceptors (Lipinski definition) is 6. The van der Waals surface area contributed by atoms with Gasteiger partial charge in [0.1, 0.15) is 11.6 Å². The lowest BCUT2D eigenvalue weighted by atomic mass is 10.2. The van der Waals surface area contributed by atoms with E-state index in [1.54, 1.807) is 19.3 Å². The average molecular weight is 354 g/mol. The monoisotopic (exact) mass is 354 g/mol. The Kier molecular flexibility index (Phi) is 5.38. The molecule has 7 heteroatoms. The Bertz CT molecular complexity index is 919. The summed E-state index contributed by atoms with van der Waals surface area (Å²) in [4.78, 5) is 15.9. The van der Waals surface area contributed by atoms with Crippen LogP contribution < -0.4 is 4.74 Å². The number of halogens is 1. The zero-order valence-electron chi connectivity index (χ0n) is 13.9. The minimum absolute atomic E-state index is 0.142. The molecule has 0 aliphatic carbocycles. The second-order valence-electron chi connectivity index (χ2n) is 5.20. The Hall–Kier alpha value is -3.48. The maximum atomic E-state index is 12.9. The van der Waals surface area contributed by atoms with E-state index in [-0.39, 0.29) is 18.3 Å². The summed E-state index contributed by atoms with van der Waals surface area (Å²) < 4.78 is 28.2. The van der Waals surface area contributed by atoms with Crippen molar-refractivity contribution in [2.45, 2.75) is 6.61 Å². The minimum Gasteiger partial charge on any atom is -0.496 e. The number of esters is 1. The van der Waals surface area contributed by atoms with E-state index in [1.165, 1.54) is 30.3 Å². The molecule has 0 saturated heterocycles. The SMILES string of the molecule is COc1ccccc1/C=C/C(=O)OCc1nc(-c2ccc(F)cc2)no1. The van der Waals surface area contributed by atoms with Crippen molar-refractivity contribution < 1.29 is 23.2 Å². The molecule has 0 amide bonds. The molecule has 0 bridgehead atoms. The summed E-state index contributed by atoms with van der Waals surface area (Å²) in [5, 5.41) is 3.78. The summed E-state index contributed by atoms with van der Waals surface area (Å²) in [5.74, 6) is 0.173. The molecule has 3 aromatic rings. The van der Waals surface area contributed by atoms with Crippen LogP contribution in [0.4, 0.5) is 4.39 Å². The van der Waals surface area contributed by atoms with Gasteiger partial charge in [0.15, 0.2) is 6.61 Å². The number of methoxy groups -OCH3 is 1. The van der Waals surface area contributed by atoms with Crippen molar-refractivity contribution in [3.8, 4) is 17.1 Å². The van der Waals surface area contributed by atoms with Gasteiger partial charge in [-0.2, -0.15) is 4.98 Å². The average Bonchev–Trinajstić information content (AvgIpc) is 3.14. The summed E-state index contributed by atoms with van der Waals surface area (Å²) in [6, 6.07) is 12.9. The van der Waals surface area contributed by atoms with E-state index in [0.29, 0.717) is 17.1 Å². The summed E-state index contributed by atoms with van der Waals surface area (Å²) in [6.45, 7) is -0.163. The predicted octanol–water partition coefficient (Wildman–Crippen LogP) is 3.64. The van der Waals surface area contributed by atoms with Gasteiger partial charge >= 0.3 is 5.97 Å². The van der Waals surface area contributed by atoms with Gasteiger partial charge in [0.2, 0.25) is 5.82 Å². The molecular formula is C19H15FN2O4. The van der Waals surface area contributed by atoms with Crippen molar-refractivity contribution in [2.75, 3.05) is 7.11 Å². The van der Waals surface area contributed by atoms with Gasteiger partial charge in [-0.25, -0.2) is 9.18 Å². The van der Waals surface area contributed by atoms with Gasteiger partial charge in [-0.3, -0.25) is 0 Å². The maximum absolute atomic E-state index is 12.9. The number of carbonyl (C=O) groups excluding carboxylic acids is 1. The molecule has 1 aromatic heterocycles. The number of carbonyl (C=O) groups is 1. The fourth-order valence-corrected chi connectivity index (χ4v) is 2.17. The van der Waals surface area contributed by atoms with E-state index >= 15 is 0 Å². The predicted molar refractivity (Wildman–Crippen MR) is 91.5 cm³/mol. The molecule has 6 nitrogen and oxygen atoms in total. The highest BCUT2D eigenvalue weighted by Gasteiger charge is 2.10. The molecule has 0 aliphatic rings. The Morgan fingerprint density at radius 2 is 1.96 bits per heavy atom. The van der Waals surface area contributed by atoms with Crippen molar-refractivity contribution in [3.63, 3.8) is 0 Å². The third-order valence-corrected chi connectivity index (χ3v) is 3.45. The lowest BCUT2D eigenvalue weighted by Gasteiger charge is -2.03. The standard InChI is InChI=1S/C19H15FN2O4/c1-24-16-5-3-2-4-13(16)8-11-18(23)25-12-17-21-19(22-26-17)14-6-9-15(20)10-7-14/h2-11H,12H2,1H3/b11-8+. The molecule has 2 aromatic carbocycles. The number of ether oxygens (including phenoxy) is 2. The topological polar surface area (TPSA) is 74.5 Å². The molecule has 0 N–H and O–H groups in total. The lowest BCUT2D eigenvalue weighted by Crippen LogP contribution is -2.01. The molecule has 1 heterocycles. The number of benzene rings is 2. The van der Waals surface area contributed by atoms with E-state index < -0.39 is 5.97 Å². The van der Waals surface area contributed by atoms with Gasteiger partial charge in [-0.05, 0) is 36.4 Å². The number of para-hydroxylation sites is 1. The summed E-state index contributed by atoms with van der Waals surface area (Å²) in [5.41, 5.74) is 1.35. The van der Waals surface area contributed by atoms with Crippen LogP contribution in [0.1, 0.15) is 11.5 Å². The molecule has 0 saturated carbocycles. The van der Waals surface area contributed by atoms with Gasteiger partial charge in [0.25, 0.3) is 5.89 Å². The lowest BCUT2D eigenvalue weighted by molar-refractivity contribution is -0.139. The van der Waals surface area contributed by atoms with E-state index in [9.17, 15) is 9.18 Å². The summed E-state index contributed by atoms with van der Waals surface area (Å²) >= 11 is 0. The van der Waals surface area contributed by atoms with Crippen LogP contribution in [0.5, 0.6) is 5.75 Å². The largest absolute Gasteiger partial charge is 0.496 e. The van der Waals surface area contributed by atoms with Gasteiger partial charge in [-0.15, -0.1) is 0 Å². The van der Waals surface area contributed by atoms with Gasteiger partial charge in [0.05, 0.1) is 7.11 Å². The molecular weight excluding hydrogens is 339 g/mol. The molecule has 0 unspecified atom stereocenters. The molecule has 26 heavy (non-hydrogen) atoms. The van der Waals surface area contributed by atoms with Crippen LogP contribution in [-0.4, -0.2) is 23.2 Å². The quantitative estimate of drug-likeness (QED) is 0.497. The van der Waals surface area contributed by atoms with Crippen LogP contribution in [0.3, 0.4) is 0 Å². The first-order chi connectivity index (χ1) is 12.7. The fourth-order valence-electron chi connectivity index (χ4n) is 2.17. The fraction of sp³-hybridized carbons (Fsp3) is 0.105. The van der Waals surface area contributed by atoms with E-state index in [1.807, 2.05) is 18.2 Å². The first-order valence-corrected chi connectivity index (χ1v) is 7.72. The first kappa shape index (κ1) is 17.3. The van der Waals surface area contributed by atoms with E-state index in [4.69, 9.17) is 14.0 Å². The smallest absolute Gasteiger partial charge is 0.331 e. The van der Waals surface area contributed by atoms with Crippen molar-refractivity contribution in [1.29, 1.82) is 0 Å². The molecule has 0 aliphatic heterocycles. The van der Waals surface area contributed by atoms with Crippen molar-refractivity contribution in [1.82, 2.24) is 10.1 Å². The Balaban J connectivity index is 1.58. The molecule has 0 atom stereocenters. The molecule has 0 fully saturated rings. The van der Waals surface area contributed by atoms with Crippen molar-refractivity contribution in [3.05, 3.63) is 71.9 Å². The number of hydrogen-bond donors (Lipinski definition) is 0. The van der Waals surface area contributed by atoms with Crippen LogP contribution in [0.2, 0.25) is 0 Å². The van der Waals surface area contributed by atoms with Crippen molar-refractivity contribution in [2.24, 2.45) is 0 Å². The van der Waals surface area contributed by atoms with Crippen molar-refractivity contribution >= 4 is 12.0 Å². The van der Waals surface area contributed by atoms with Gasteiger partial charge in [-0.1, -0.05) is 23.4 Å². The van der Waals surface area contributed by atoms with Crippen LogP contribution >= 0.6 is 0 Å². The highest BCUT2D eigenvalue weighted by molar-refractivity contribution is 5.87. The van der Waals surface area contributed by atoms with Crippen LogP contribution in [-0.2, 0) is 16.1 Å². The Morgan fingerprint density at radius 1 is 1.19 bits per heavy atom. The third-order valence-electron chi connectivity index (χ3n) is 3.45. The van der Waals surface area contributed by atoms with E-state index in [2.05, 4.69) is 10.1 Å². The second-order valence-corrected chi connectivity index (χ2v) is 5.20. The molecule has 0 spiro atoms. The van der Waals surface area contributed by atoms with Gasteiger partial charge < -0.3 is 14.0 Å². The molecule has 3 rings (SSSR count). The normalized spacial score (nSPS) is 10.8. The van der Waals surface area contributed by atoms with Crippen LogP contribution in [0, 0.1) is 5.82 Å². The highest BCUT2D eigenvalue weighted by Crippen LogP contribution is 2.19. The minimum atomic E-state index is -0.558. The maximum Gasteiger partial charge on any atom is 0.331 e. The van der Waals surface area contributed by atoms with Gasteiger partial charge in [0, 0.05) is 17.2 Å². The second kappa shape index (κ2) is 8.06. The highest BCUT2D eigenvalue weighted by atomic mass is 19.1. The number of rotatable bonds is 6. The zero-order valence-corrected chi connectivity index (χ0v) is 13.9. The number of nitrogens with zero attached hydrogens (tertiary/aromatic N) is 2. The first-order valence-electron chi connectivity index (χ1n) is 7.72. The molecule has 0 radical (unpaired) electrons. The zero-order chi connectivity index (χ0) is 18.4. The third kappa shape index (κ3) is 4.32. The molecule has 132 valence electrons. The van der Waals surface area contributed by atoms with E-state index in [0.717, 1.165) is 5.56 Å². The Morgan fingerprint density at radius 3 is 2.73 bits per heavy atom. The van der Waals surface area contributed by atoms with Crippen LogP contribution in [0.15, 0.2) is 59.1 Å². The van der Waals surface area contributed by atoms with Crippen LogP contribution in [0.25, 0.3) is 17.5 Å².